The lowest BCUT2D eigenvalue weighted by Gasteiger charge is -2.14. The van der Waals surface area contributed by atoms with Crippen molar-refractivity contribution in [3.63, 3.8) is 0 Å². The van der Waals surface area contributed by atoms with Crippen molar-refractivity contribution < 1.29 is 9.90 Å². The number of allylic oxidation sites excluding steroid dienone is 1. The number of carbonyl (C=O) groups excluding carboxylic acids is 1. The van der Waals surface area contributed by atoms with Crippen LogP contribution in [-0.4, -0.2) is 20.6 Å². The highest BCUT2D eigenvalue weighted by Crippen LogP contribution is 2.32. The number of aromatic nitrogens is 2. The van der Waals surface area contributed by atoms with Crippen molar-refractivity contribution in [2.24, 2.45) is 0 Å². The largest absolute Gasteiger partial charge is 0.508 e. The molecule has 1 aliphatic rings. The van der Waals surface area contributed by atoms with Gasteiger partial charge in [0, 0.05) is 25.1 Å². The van der Waals surface area contributed by atoms with Crippen LogP contribution in [0.5, 0.6) is 5.75 Å². The number of nitrogens with zero attached hydrogens (tertiary/aromatic N) is 2. The first-order valence-corrected chi connectivity index (χ1v) is 8.94. The molecule has 1 unspecified atom stereocenters. The van der Waals surface area contributed by atoms with Crippen LogP contribution < -0.4 is 5.32 Å². The summed E-state index contributed by atoms with van der Waals surface area (Å²) in [4.78, 5) is 17.1. The van der Waals surface area contributed by atoms with Gasteiger partial charge in [-0.05, 0) is 23.3 Å². The summed E-state index contributed by atoms with van der Waals surface area (Å²) < 4.78 is 2.01. The molecule has 5 heteroatoms. The number of amides is 1. The molecule has 1 amide bonds. The third kappa shape index (κ3) is 3.62. The van der Waals surface area contributed by atoms with Crippen molar-refractivity contribution in [3.05, 3.63) is 95.7 Å². The molecule has 1 atom stereocenters. The van der Waals surface area contributed by atoms with Gasteiger partial charge in [0.15, 0.2) is 0 Å². The van der Waals surface area contributed by atoms with Crippen molar-refractivity contribution in [1.29, 1.82) is 0 Å². The van der Waals surface area contributed by atoms with Crippen molar-refractivity contribution in [2.75, 3.05) is 0 Å². The van der Waals surface area contributed by atoms with E-state index in [4.69, 9.17) is 0 Å². The molecule has 4 rings (SSSR count). The van der Waals surface area contributed by atoms with Crippen molar-refractivity contribution in [3.8, 4) is 5.75 Å². The summed E-state index contributed by atoms with van der Waals surface area (Å²) >= 11 is 0. The Morgan fingerprint density at radius 1 is 1.15 bits per heavy atom. The molecule has 1 fully saturated rings. The molecule has 5 nitrogen and oxygen atoms in total. The Hall–Kier alpha value is -3.34. The fourth-order valence-electron chi connectivity index (χ4n) is 3.61. The molecular formula is C22H21N3O2. The predicted octanol–water partition coefficient (Wildman–Crippen LogP) is 3.35. The zero-order valence-electron chi connectivity index (χ0n) is 14.9. The lowest BCUT2D eigenvalue weighted by molar-refractivity contribution is -0.120. The summed E-state index contributed by atoms with van der Waals surface area (Å²) in [6.07, 6.45) is 3.03. The zero-order chi connectivity index (χ0) is 18.8. The van der Waals surface area contributed by atoms with E-state index in [9.17, 15) is 9.90 Å². The van der Waals surface area contributed by atoms with E-state index in [-0.39, 0.29) is 17.6 Å². The molecule has 0 bridgehead atoms. The number of aromatic hydroxyl groups is 1. The predicted molar refractivity (Wildman–Crippen MR) is 103 cm³/mol. The number of nitrogens with one attached hydrogen (secondary N) is 1. The van der Waals surface area contributed by atoms with Crippen LogP contribution in [0.25, 0.3) is 0 Å². The quantitative estimate of drug-likeness (QED) is 0.734. The van der Waals surface area contributed by atoms with Gasteiger partial charge in [-0.25, -0.2) is 4.98 Å². The van der Waals surface area contributed by atoms with E-state index in [1.54, 1.807) is 18.5 Å². The molecule has 0 saturated carbocycles. The fourth-order valence-corrected chi connectivity index (χ4v) is 3.61. The maximum atomic E-state index is 12.5. The normalized spacial score (nSPS) is 16.5. The number of hydrogen-bond donors (Lipinski definition) is 2. The Labute approximate surface area is 158 Å². The SMILES string of the molecule is C=C1CC(c2c(Cc3ccccc3)ncn2Cc2cccc(O)c2)C(=O)N1. The minimum Gasteiger partial charge on any atom is -0.508 e. The van der Waals surface area contributed by atoms with Crippen LogP contribution in [-0.2, 0) is 17.8 Å². The highest BCUT2D eigenvalue weighted by Gasteiger charge is 2.33. The standard InChI is InChI=1S/C22H21N3O2/c1-15-10-19(22(27)24-15)21-20(12-16-6-3-2-4-7-16)23-14-25(21)13-17-8-5-9-18(26)11-17/h2-9,11,14,19,26H,1,10,12-13H2,(H,24,27). The summed E-state index contributed by atoms with van der Waals surface area (Å²) in [6.45, 7) is 4.45. The van der Waals surface area contributed by atoms with Gasteiger partial charge in [0.1, 0.15) is 5.75 Å². The van der Waals surface area contributed by atoms with E-state index in [0.717, 1.165) is 28.2 Å². The van der Waals surface area contributed by atoms with E-state index in [1.165, 1.54) is 0 Å². The average molecular weight is 359 g/mol. The molecule has 27 heavy (non-hydrogen) atoms. The Morgan fingerprint density at radius 3 is 2.63 bits per heavy atom. The topological polar surface area (TPSA) is 67.1 Å². The molecule has 3 aromatic rings. The Bertz CT molecular complexity index is 992. The van der Waals surface area contributed by atoms with Crippen LogP contribution in [0.2, 0.25) is 0 Å². The van der Waals surface area contributed by atoms with Crippen LogP contribution >= 0.6 is 0 Å². The number of imidazole rings is 1. The van der Waals surface area contributed by atoms with E-state index in [2.05, 4.69) is 29.0 Å². The van der Waals surface area contributed by atoms with Gasteiger partial charge in [0.2, 0.25) is 5.91 Å². The highest BCUT2D eigenvalue weighted by molar-refractivity contribution is 5.88. The number of carbonyl (C=O) groups is 1. The smallest absolute Gasteiger partial charge is 0.233 e. The number of hydrogen-bond acceptors (Lipinski definition) is 3. The Balaban J connectivity index is 1.72. The minimum absolute atomic E-state index is 0.0352. The van der Waals surface area contributed by atoms with E-state index < -0.39 is 0 Å². The minimum atomic E-state index is -0.295. The van der Waals surface area contributed by atoms with Gasteiger partial charge in [0.25, 0.3) is 0 Å². The maximum Gasteiger partial charge on any atom is 0.233 e. The van der Waals surface area contributed by atoms with Gasteiger partial charge in [-0.3, -0.25) is 4.79 Å². The molecule has 2 N–H and O–H groups in total. The molecule has 0 spiro atoms. The van der Waals surface area contributed by atoms with Gasteiger partial charge in [-0.15, -0.1) is 0 Å². The van der Waals surface area contributed by atoms with Gasteiger partial charge in [-0.2, -0.15) is 0 Å². The Kier molecular flexibility index (Phi) is 4.50. The Morgan fingerprint density at radius 2 is 1.93 bits per heavy atom. The third-order valence-corrected chi connectivity index (χ3v) is 4.83. The molecule has 0 aliphatic carbocycles. The van der Waals surface area contributed by atoms with Crippen molar-refractivity contribution >= 4 is 5.91 Å². The average Bonchev–Trinajstić information content (AvgIpc) is 3.18. The molecule has 2 heterocycles. The van der Waals surface area contributed by atoms with Crippen LogP contribution in [0.15, 0.2) is 73.2 Å². The molecule has 1 aliphatic heterocycles. The first-order chi connectivity index (χ1) is 13.1. The summed E-state index contributed by atoms with van der Waals surface area (Å²) in [6, 6.07) is 17.3. The summed E-state index contributed by atoms with van der Waals surface area (Å²) in [5.41, 5.74) is 4.66. The van der Waals surface area contributed by atoms with Crippen LogP contribution in [0.4, 0.5) is 0 Å². The van der Waals surface area contributed by atoms with Crippen LogP contribution in [0, 0.1) is 0 Å². The van der Waals surface area contributed by atoms with Gasteiger partial charge in [-0.1, -0.05) is 49.0 Å². The van der Waals surface area contributed by atoms with Crippen LogP contribution in [0.3, 0.4) is 0 Å². The number of phenolic OH excluding ortho intramolecular Hbond substituents is 1. The highest BCUT2D eigenvalue weighted by atomic mass is 16.3. The second-order valence-corrected chi connectivity index (χ2v) is 6.89. The van der Waals surface area contributed by atoms with E-state index >= 15 is 0 Å². The molecular weight excluding hydrogens is 338 g/mol. The molecule has 1 aromatic heterocycles. The second-order valence-electron chi connectivity index (χ2n) is 6.89. The maximum absolute atomic E-state index is 12.5. The molecule has 1 saturated heterocycles. The third-order valence-electron chi connectivity index (χ3n) is 4.83. The lowest BCUT2D eigenvalue weighted by atomic mass is 9.97. The molecule has 2 aromatic carbocycles. The lowest BCUT2D eigenvalue weighted by Crippen LogP contribution is -2.20. The summed E-state index contributed by atoms with van der Waals surface area (Å²) in [5.74, 6) is -0.103. The van der Waals surface area contributed by atoms with Crippen molar-refractivity contribution in [1.82, 2.24) is 14.9 Å². The van der Waals surface area contributed by atoms with Crippen molar-refractivity contribution in [2.45, 2.75) is 25.3 Å². The number of benzene rings is 2. The monoisotopic (exact) mass is 359 g/mol. The van der Waals surface area contributed by atoms with E-state index in [0.29, 0.717) is 19.4 Å². The molecule has 136 valence electrons. The van der Waals surface area contributed by atoms with Gasteiger partial charge < -0.3 is 15.0 Å². The van der Waals surface area contributed by atoms with Crippen LogP contribution in [0.1, 0.15) is 34.9 Å². The second kappa shape index (κ2) is 7.11. The summed E-state index contributed by atoms with van der Waals surface area (Å²) in [5, 5.41) is 12.6. The number of phenols is 1. The first kappa shape index (κ1) is 17.1. The zero-order valence-corrected chi connectivity index (χ0v) is 14.9. The number of rotatable bonds is 5. The van der Waals surface area contributed by atoms with Gasteiger partial charge >= 0.3 is 0 Å². The van der Waals surface area contributed by atoms with Gasteiger partial charge in [0.05, 0.1) is 23.6 Å². The fraction of sp³-hybridized carbons (Fsp3) is 0.182. The molecule has 0 radical (unpaired) electrons. The summed E-state index contributed by atoms with van der Waals surface area (Å²) in [7, 11) is 0. The van der Waals surface area contributed by atoms with E-state index in [1.807, 2.05) is 34.9 Å². The first-order valence-electron chi connectivity index (χ1n) is 8.94.